The second-order valence-electron chi connectivity index (χ2n) is 5.25. The maximum absolute atomic E-state index is 5.64. The third kappa shape index (κ3) is 2.78. The molecule has 1 unspecified atom stereocenters. The van der Waals surface area contributed by atoms with E-state index in [0.29, 0.717) is 6.54 Å². The number of oxime groups is 1. The van der Waals surface area contributed by atoms with Crippen LogP contribution >= 0.6 is 11.8 Å². The molecule has 5 nitrogen and oxygen atoms in total. The van der Waals surface area contributed by atoms with Crippen molar-refractivity contribution in [1.29, 1.82) is 0 Å². The van der Waals surface area contributed by atoms with Gasteiger partial charge in [0.1, 0.15) is 11.9 Å². The Morgan fingerprint density at radius 3 is 2.95 bits per heavy atom. The molecule has 0 radical (unpaired) electrons. The molecule has 0 aliphatic carbocycles. The smallest absolute Gasteiger partial charge is 0.145 e. The van der Waals surface area contributed by atoms with Crippen LogP contribution in [0.25, 0.3) is 0 Å². The van der Waals surface area contributed by atoms with Gasteiger partial charge in [0.05, 0.1) is 12.3 Å². The van der Waals surface area contributed by atoms with Crippen LogP contribution in [0.4, 0.5) is 0 Å². The number of amidine groups is 1. The summed E-state index contributed by atoms with van der Waals surface area (Å²) in [7, 11) is 2.08. The molecular formula is C15H20N4OS. The summed E-state index contributed by atoms with van der Waals surface area (Å²) in [5.74, 6) is 1.07. The van der Waals surface area contributed by atoms with Crippen molar-refractivity contribution < 1.29 is 4.84 Å². The number of rotatable bonds is 4. The largest absolute Gasteiger partial charge is 0.390 e. The van der Waals surface area contributed by atoms with Crippen LogP contribution in [0.5, 0.6) is 0 Å². The van der Waals surface area contributed by atoms with Gasteiger partial charge >= 0.3 is 0 Å². The highest BCUT2D eigenvalue weighted by molar-refractivity contribution is 7.98. The van der Waals surface area contributed by atoms with Crippen LogP contribution in [0.2, 0.25) is 0 Å². The Labute approximate surface area is 129 Å². The van der Waals surface area contributed by atoms with Gasteiger partial charge < -0.3 is 15.5 Å². The highest BCUT2D eigenvalue weighted by Gasteiger charge is 2.23. The van der Waals surface area contributed by atoms with Gasteiger partial charge in [-0.1, -0.05) is 17.3 Å². The van der Waals surface area contributed by atoms with Gasteiger partial charge in [-0.15, -0.1) is 11.8 Å². The third-order valence-electron chi connectivity index (χ3n) is 3.83. The molecule has 21 heavy (non-hydrogen) atoms. The van der Waals surface area contributed by atoms with Gasteiger partial charge in [0.15, 0.2) is 0 Å². The van der Waals surface area contributed by atoms with Crippen molar-refractivity contribution in [3.05, 3.63) is 29.3 Å². The van der Waals surface area contributed by atoms with Crippen LogP contribution in [-0.2, 0) is 4.84 Å². The lowest BCUT2D eigenvalue weighted by Gasteiger charge is -2.15. The average Bonchev–Trinajstić information content (AvgIpc) is 3.15. The molecule has 2 aliphatic rings. The molecule has 0 bridgehead atoms. The molecule has 2 N–H and O–H groups in total. The molecule has 2 aliphatic heterocycles. The lowest BCUT2D eigenvalue weighted by molar-refractivity contribution is 0.0918. The van der Waals surface area contributed by atoms with E-state index < -0.39 is 0 Å². The summed E-state index contributed by atoms with van der Waals surface area (Å²) < 4.78 is 0. The van der Waals surface area contributed by atoms with Gasteiger partial charge in [0.2, 0.25) is 0 Å². The summed E-state index contributed by atoms with van der Waals surface area (Å²) >= 11 is 1.72. The zero-order valence-corrected chi connectivity index (χ0v) is 13.2. The van der Waals surface area contributed by atoms with Gasteiger partial charge in [0, 0.05) is 42.6 Å². The standard InChI is InChI=1S/C15H20N4OS/c1-19-6-5-17-15(19)10-3-4-12(14(7-10)21-2)13-8-11(9-16)20-18-13/h3-4,7,11H,5-6,8-9,16H2,1-2H3. The third-order valence-corrected chi connectivity index (χ3v) is 4.60. The SMILES string of the molecule is CSc1cc(C2=NCCN2C)ccc1C1=NOC(CN)C1. The fourth-order valence-electron chi connectivity index (χ4n) is 2.63. The van der Waals surface area contributed by atoms with E-state index in [9.17, 15) is 0 Å². The molecule has 0 spiro atoms. The van der Waals surface area contributed by atoms with E-state index in [2.05, 4.69) is 46.6 Å². The number of likely N-dealkylation sites (N-methyl/N-ethyl adjacent to an activating group) is 1. The van der Waals surface area contributed by atoms with Crippen molar-refractivity contribution in [1.82, 2.24) is 4.90 Å². The molecule has 0 saturated carbocycles. The molecule has 3 rings (SSSR count). The highest BCUT2D eigenvalue weighted by atomic mass is 32.2. The molecule has 1 aromatic carbocycles. The van der Waals surface area contributed by atoms with Crippen molar-refractivity contribution in [2.24, 2.45) is 15.9 Å². The zero-order valence-electron chi connectivity index (χ0n) is 12.4. The van der Waals surface area contributed by atoms with Crippen molar-refractivity contribution in [3.8, 4) is 0 Å². The van der Waals surface area contributed by atoms with Crippen molar-refractivity contribution >= 4 is 23.3 Å². The number of nitrogens with two attached hydrogens (primary N) is 1. The fourth-order valence-corrected chi connectivity index (χ4v) is 3.28. The summed E-state index contributed by atoms with van der Waals surface area (Å²) in [6.45, 7) is 2.37. The van der Waals surface area contributed by atoms with Crippen LogP contribution in [-0.4, -0.2) is 55.5 Å². The summed E-state index contributed by atoms with van der Waals surface area (Å²) in [6, 6.07) is 6.43. The van der Waals surface area contributed by atoms with E-state index in [-0.39, 0.29) is 6.10 Å². The van der Waals surface area contributed by atoms with Gasteiger partial charge in [-0.2, -0.15) is 0 Å². The first-order valence-corrected chi connectivity index (χ1v) is 8.32. The number of hydrogen-bond donors (Lipinski definition) is 1. The number of thioether (sulfide) groups is 1. The lowest BCUT2D eigenvalue weighted by Crippen LogP contribution is -2.23. The molecule has 0 aromatic heterocycles. The molecule has 0 fully saturated rings. The van der Waals surface area contributed by atoms with Crippen molar-refractivity contribution in [2.45, 2.75) is 17.4 Å². The van der Waals surface area contributed by atoms with Gasteiger partial charge in [-0.3, -0.25) is 4.99 Å². The average molecular weight is 304 g/mol. The fraction of sp³-hybridized carbons (Fsp3) is 0.467. The maximum atomic E-state index is 5.64. The van der Waals surface area contributed by atoms with E-state index in [0.717, 1.165) is 42.2 Å². The van der Waals surface area contributed by atoms with Crippen LogP contribution in [0.1, 0.15) is 17.5 Å². The molecule has 0 saturated heterocycles. The number of aliphatic imine (C=N–C) groups is 1. The quantitative estimate of drug-likeness (QED) is 0.857. The first kappa shape index (κ1) is 14.4. The van der Waals surface area contributed by atoms with E-state index in [4.69, 9.17) is 10.6 Å². The minimum Gasteiger partial charge on any atom is -0.390 e. The predicted octanol–water partition coefficient (Wildman–Crippen LogP) is 1.55. The van der Waals surface area contributed by atoms with Crippen molar-refractivity contribution in [2.75, 3.05) is 32.9 Å². The van der Waals surface area contributed by atoms with Crippen LogP contribution < -0.4 is 5.73 Å². The Hall–Kier alpha value is -1.53. The van der Waals surface area contributed by atoms with Gasteiger partial charge in [0.25, 0.3) is 0 Å². The second-order valence-corrected chi connectivity index (χ2v) is 6.10. The van der Waals surface area contributed by atoms with Crippen molar-refractivity contribution in [3.63, 3.8) is 0 Å². The molecule has 112 valence electrons. The Balaban J connectivity index is 1.90. The first-order chi connectivity index (χ1) is 10.2. The predicted molar refractivity (Wildman–Crippen MR) is 87.3 cm³/mol. The topological polar surface area (TPSA) is 63.2 Å². The van der Waals surface area contributed by atoms with E-state index in [1.807, 2.05) is 0 Å². The van der Waals surface area contributed by atoms with Crippen LogP contribution in [0, 0.1) is 0 Å². The number of hydrogen-bond acceptors (Lipinski definition) is 6. The molecule has 1 aromatic rings. The summed E-state index contributed by atoms with van der Waals surface area (Å²) in [5.41, 5.74) is 8.94. The zero-order chi connectivity index (χ0) is 14.8. The lowest BCUT2D eigenvalue weighted by atomic mass is 10.0. The number of nitrogens with zero attached hydrogens (tertiary/aromatic N) is 3. The Bertz CT molecular complexity index is 599. The van der Waals surface area contributed by atoms with E-state index in [1.165, 1.54) is 4.90 Å². The Morgan fingerprint density at radius 1 is 1.48 bits per heavy atom. The van der Waals surface area contributed by atoms with Crippen LogP contribution in [0.15, 0.2) is 33.2 Å². The second kappa shape index (κ2) is 6.07. The molecule has 2 heterocycles. The molecular weight excluding hydrogens is 284 g/mol. The number of benzene rings is 1. The van der Waals surface area contributed by atoms with Gasteiger partial charge in [-0.05, 0) is 12.3 Å². The molecule has 6 heteroatoms. The molecule has 0 amide bonds. The summed E-state index contributed by atoms with van der Waals surface area (Å²) in [5, 5.41) is 4.19. The molecule has 1 atom stereocenters. The summed E-state index contributed by atoms with van der Waals surface area (Å²) in [4.78, 5) is 13.3. The monoisotopic (exact) mass is 304 g/mol. The van der Waals surface area contributed by atoms with Crippen LogP contribution in [0.3, 0.4) is 0 Å². The summed E-state index contributed by atoms with van der Waals surface area (Å²) in [6.07, 6.45) is 2.88. The highest BCUT2D eigenvalue weighted by Crippen LogP contribution is 2.27. The normalized spacial score (nSPS) is 21.3. The van der Waals surface area contributed by atoms with E-state index in [1.54, 1.807) is 11.8 Å². The maximum Gasteiger partial charge on any atom is 0.145 e. The Morgan fingerprint density at radius 2 is 2.33 bits per heavy atom. The Kier molecular flexibility index (Phi) is 4.17. The first-order valence-electron chi connectivity index (χ1n) is 7.10. The minimum atomic E-state index is 0.0136. The van der Waals surface area contributed by atoms with Gasteiger partial charge in [-0.25, -0.2) is 0 Å². The minimum absolute atomic E-state index is 0.0136. The van der Waals surface area contributed by atoms with E-state index >= 15 is 0 Å².